The molecule has 5 aromatic carbocycles. The van der Waals surface area contributed by atoms with Crippen LogP contribution < -0.4 is 0 Å². The fourth-order valence-corrected chi connectivity index (χ4v) is 9.93. The summed E-state index contributed by atoms with van der Waals surface area (Å²) < 4.78 is 4.66. The molecule has 3 aliphatic rings. The number of allylic oxidation sites excluding steroid dienone is 4. The molecule has 0 saturated carbocycles. The molecule has 0 N–H and O–H groups in total. The molecule has 270 valence electrons. The molecule has 8 rings (SSSR count). The fourth-order valence-electron chi connectivity index (χ4n) is 7.58. The molecule has 0 amide bonds. The summed E-state index contributed by atoms with van der Waals surface area (Å²) in [5.41, 5.74) is 21.2. The number of fused-ring (bicyclic) bond motifs is 5. The Balaban J connectivity index is 0.000000195. The normalized spacial score (nSPS) is 14.5. The Labute approximate surface area is 345 Å². The van der Waals surface area contributed by atoms with Crippen molar-refractivity contribution in [3.05, 3.63) is 168 Å². The van der Waals surface area contributed by atoms with E-state index >= 15 is 0 Å². The standard InChI is InChI=1S/C25H25.C8H11.2C7H5Cl.2ClH.Zr/c1-14-12-24(3,4)22-8-16-7-17-9-23-19(15(2)13-25(23,5)6)11-21(17)20(16)10-18(14)22;1-6-4-7(2)8(3)5-6;2*1-6-2-4-7(8)5-3-6;;;/h8-12H,7H2,1-6H3;4-5H,1-3H3;2*1-5H;2*1H;/q2*-1;;;;;. The van der Waals surface area contributed by atoms with E-state index in [0.717, 1.165) is 16.5 Å². The third-order valence-electron chi connectivity index (χ3n) is 10.2. The Morgan fingerprint density at radius 1 is 0.654 bits per heavy atom. The molecule has 0 bridgehead atoms. The van der Waals surface area contributed by atoms with Crippen molar-refractivity contribution in [1.82, 2.24) is 0 Å². The zero-order valence-electron chi connectivity index (χ0n) is 31.6. The first kappa shape index (κ1) is 42.2. The first-order valence-electron chi connectivity index (χ1n) is 17.4. The Bertz CT molecular complexity index is 2070. The van der Waals surface area contributed by atoms with E-state index in [1.54, 1.807) is 0 Å². The van der Waals surface area contributed by atoms with E-state index in [2.05, 4.69) is 143 Å². The van der Waals surface area contributed by atoms with Crippen molar-refractivity contribution in [2.75, 3.05) is 0 Å². The molecule has 0 fully saturated rings. The Hall–Kier alpha value is -2.51. The van der Waals surface area contributed by atoms with Crippen molar-refractivity contribution < 1.29 is 22.3 Å². The van der Waals surface area contributed by atoms with Crippen LogP contribution in [0.5, 0.6) is 0 Å². The fraction of sp³-hybridized carbons (Fsp3) is 0.255. The van der Waals surface area contributed by atoms with Crippen LogP contribution in [0, 0.1) is 26.8 Å². The summed E-state index contributed by atoms with van der Waals surface area (Å²) in [6, 6.07) is 30.1. The zero-order chi connectivity index (χ0) is 36.0. The SMILES string of the molecule is CC1=[C-]C(C)(C)c2cc3c(cc21)-c1cc2c(cc1C3)C(C)(C)C=C2C.Cc1cc(C)c(C)[cH-]1.Cl.Cl.Clc1ccc([CH]=[Zr]=[CH]c2ccc(Cl)cc2)cc1. The van der Waals surface area contributed by atoms with Gasteiger partial charge in [-0.25, -0.2) is 11.6 Å². The number of hydrogen-bond acceptors (Lipinski definition) is 0. The van der Waals surface area contributed by atoms with E-state index < -0.39 is 22.3 Å². The molecule has 0 aromatic heterocycles. The zero-order valence-corrected chi connectivity index (χ0v) is 37.2. The van der Waals surface area contributed by atoms with Crippen molar-refractivity contribution >= 4 is 66.6 Å². The summed E-state index contributed by atoms with van der Waals surface area (Å²) in [5.74, 6) is 0. The van der Waals surface area contributed by atoms with Crippen LogP contribution in [-0.2, 0) is 39.5 Å². The summed E-state index contributed by atoms with van der Waals surface area (Å²) in [7, 11) is 0. The third-order valence-corrected chi connectivity index (χ3v) is 13.1. The number of aryl methyl sites for hydroxylation is 3. The average Bonchev–Trinajstić information content (AvgIpc) is 3.71. The summed E-state index contributed by atoms with van der Waals surface area (Å²) in [6.45, 7) is 20.1. The van der Waals surface area contributed by atoms with Gasteiger partial charge in [0.1, 0.15) is 0 Å². The molecule has 3 aliphatic carbocycles. The minimum atomic E-state index is -0.623. The molecule has 0 saturated heterocycles. The summed E-state index contributed by atoms with van der Waals surface area (Å²) >= 11 is 11.0. The summed E-state index contributed by atoms with van der Waals surface area (Å²) in [4.78, 5) is 0. The van der Waals surface area contributed by atoms with Gasteiger partial charge in [0.05, 0.1) is 0 Å². The summed E-state index contributed by atoms with van der Waals surface area (Å²) in [5, 5.41) is 1.57. The molecule has 0 aliphatic heterocycles. The molecular weight excluding hydrogens is 798 g/mol. The number of halogens is 4. The van der Waals surface area contributed by atoms with Crippen LogP contribution in [0.4, 0.5) is 0 Å². The van der Waals surface area contributed by atoms with Crippen LogP contribution in [-0.4, -0.2) is 7.42 Å². The number of hydrogen-bond donors (Lipinski definition) is 0. The molecule has 0 radical (unpaired) electrons. The van der Waals surface area contributed by atoms with Crippen LogP contribution in [0.3, 0.4) is 0 Å². The summed E-state index contributed by atoms with van der Waals surface area (Å²) in [6.07, 6.45) is 7.13. The van der Waals surface area contributed by atoms with Crippen molar-refractivity contribution in [1.29, 1.82) is 0 Å². The molecule has 0 nitrogen and oxygen atoms in total. The van der Waals surface area contributed by atoms with E-state index in [4.69, 9.17) is 23.2 Å². The van der Waals surface area contributed by atoms with E-state index in [1.165, 1.54) is 83.5 Å². The molecule has 5 aromatic rings. The third kappa shape index (κ3) is 9.22. The molecular formula is C47H48Cl4Zr-2. The second-order valence-electron chi connectivity index (χ2n) is 15.2. The Morgan fingerprint density at radius 2 is 1.15 bits per heavy atom. The first-order chi connectivity index (χ1) is 23.6. The number of rotatable bonds is 2. The molecule has 0 heterocycles. The molecule has 52 heavy (non-hydrogen) atoms. The van der Waals surface area contributed by atoms with Crippen LogP contribution in [0.1, 0.15) is 103 Å². The van der Waals surface area contributed by atoms with Gasteiger partial charge in [0.2, 0.25) is 0 Å². The molecule has 0 unspecified atom stereocenters. The average molecular weight is 846 g/mol. The van der Waals surface area contributed by atoms with Gasteiger partial charge in [-0.2, -0.15) is 28.3 Å². The minimum absolute atomic E-state index is 0. The second kappa shape index (κ2) is 16.9. The van der Waals surface area contributed by atoms with Gasteiger partial charge >= 0.3 is 123 Å². The van der Waals surface area contributed by atoms with E-state index in [1.807, 2.05) is 24.3 Å². The molecule has 0 atom stereocenters. The van der Waals surface area contributed by atoms with Crippen LogP contribution in [0.15, 0.2) is 91.0 Å². The Morgan fingerprint density at radius 3 is 1.62 bits per heavy atom. The molecule has 5 heteroatoms. The number of benzene rings is 4. The van der Waals surface area contributed by atoms with Gasteiger partial charge in [-0.15, -0.1) is 36.4 Å². The maximum absolute atomic E-state index is 5.84. The van der Waals surface area contributed by atoms with Gasteiger partial charge in [-0.05, 0) is 58.4 Å². The van der Waals surface area contributed by atoms with Gasteiger partial charge in [-0.3, -0.25) is 6.08 Å². The van der Waals surface area contributed by atoms with Gasteiger partial charge in [-0.1, -0.05) is 79.0 Å². The predicted molar refractivity (Wildman–Crippen MR) is 231 cm³/mol. The van der Waals surface area contributed by atoms with E-state index in [-0.39, 0.29) is 35.6 Å². The van der Waals surface area contributed by atoms with Crippen LogP contribution in [0.2, 0.25) is 10.0 Å². The Kier molecular flexibility index (Phi) is 13.7. The monoisotopic (exact) mass is 842 g/mol. The predicted octanol–water partition coefficient (Wildman–Crippen LogP) is 13.7. The first-order valence-corrected chi connectivity index (χ1v) is 21.0. The van der Waals surface area contributed by atoms with Gasteiger partial charge in [0.25, 0.3) is 0 Å². The van der Waals surface area contributed by atoms with E-state index in [0.29, 0.717) is 0 Å². The van der Waals surface area contributed by atoms with Crippen LogP contribution >= 0.6 is 48.0 Å². The van der Waals surface area contributed by atoms with Crippen molar-refractivity contribution in [2.24, 2.45) is 0 Å². The van der Waals surface area contributed by atoms with E-state index in [9.17, 15) is 0 Å². The van der Waals surface area contributed by atoms with Gasteiger partial charge in [0, 0.05) is 5.41 Å². The van der Waals surface area contributed by atoms with Crippen molar-refractivity contribution in [2.45, 2.75) is 79.6 Å². The molecule has 0 spiro atoms. The van der Waals surface area contributed by atoms with Crippen molar-refractivity contribution in [3.8, 4) is 11.1 Å². The maximum atomic E-state index is 5.84. The second-order valence-corrected chi connectivity index (χ2v) is 18.3. The quantitative estimate of drug-likeness (QED) is 0.152. The topological polar surface area (TPSA) is 0 Å². The van der Waals surface area contributed by atoms with Crippen molar-refractivity contribution in [3.63, 3.8) is 0 Å². The van der Waals surface area contributed by atoms with Crippen LogP contribution in [0.25, 0.3) is 22.3 Å². The van der Waals surface area contributed by atoms with Gasteiger partial charge in [0.15, 0.2) is 0 Å². The van der Waals surface area contributed by atoms with Gasteiger partial charge < -0.3 is 0 Å².